The van der Waals surface area contributed by atoms with Crippen LogP contribution >= 0.6 is 0 Å². The van der Waals surface area contributed by atoms with Gasteiger partial charge in [0.2, 0.25) is 0 Å². The molecule has 0 bridgehead atoms. The Balaban J connectivity index is 1.61. The van der Waals surface area contributed by atoms with Crippen LogP contribution in [-0.2, 0) is 21.3 Å². The van der Waals surface area contributed by atoms with Gasteiger partial charge in [0.1, 0.15) is 11.9 Å². The Morgan fingerprint density at radius 2 is 1.96 bits per heavy atom. The molecule has 1 aromatic carbocycles. The summed E-state index contributed by atoms with van der Waals surface area (Å²) in [6.07, 6.45) is 2.26. The lowest BCUT2D eigenvalue weighted by Crippen LogP contribution is -2.42. The quantitative estimate of drug-likeness (QED) is 0.589. The Kier molecular flexibility index (Phi) is 4.36. The summed E-state index contributed by atoms with van der Waals surface area (Å²) >= 11 is 0. The number of halogens is 3. The number of aliphatic hydroxyl groups is 1. The first-order valence-electron chi connectivity index (χ1n) is 9.30. The van der Waals surface area contributed by atoms with Crippen LogP contribution in [-0.4, -0.2) is 30.9 Å². The van der Waals surface area contributed by atoms with Crippen molar-refractivity contribution in [3.05, 3.63) is 29.3 Å². The number of hydrogen-bond donors (Lipinski definition) is 1. The number of Topliss-reactive ketones (excluding diaryl/α,β-unsaturated/α-hetero) is 1. The van der Waals surface area contributed by atoms with Crippen molar-refractivity contribution in [1.29, 1.82) is 0 Å². The van der Waals surface area contributed by atoms with Crippen LogP contribution in [0.1, 0.15) is 49.7 Å². The molecular formula is C19H21F3O5S. The maximum atomic E-state index is 12.5. The van der Waals surface area contributed by atoms with Gasteiger partial charge in [0.25, 0.3) is 0 Å². The molecule has 0 heterocycles. The molecule has 3 aliphatic carbocycles. The van der Waals surface area contributed by atoms with Crippen molar-refractivity contribution < 1.29 is 35.7 Å². The smallest absolute Gasteiger partial charge is 0.385 e. The zero-order chi connectivity index (χ0) is 20.5. The molecule has 0 amide bonds. The number of benzene rings is 1. The summed E-state index contributed by atoms with van der Waals surface area (Å²) in [6, 6.07) is 4.27. The van der Waals surface area contributed by atoms with Gasteiger partial charge in [-0.3, -0.25) is 4.79 Å². The van der Waals surface area contributed by atoms with Crippen molar-refractivity contribution in [2.24, 2.45) is 17.3 Å². The van der Waals surface area contributed by atoms with Gasteiger partial charge in [0, 0.05) is 5.41 Å². The number of alkyl halides is 3. The Morgan fingerprint density at radius 3 is 2.64 bits per heavy atom. The summed E-state index contributed by atoms with van der Waals surface area (Å²) < 4.78 is 64.4. The second kappa shape index (κ2) is 6.19. The van der Waals surface area contributed by atoms with E-state index in [2.05, 4.69) is 4.18 Å². The molecule has 5 nitrogen and oxygen atoms in total. The molecule has 4 rings (SSSR count). The third-order valence-corrected chi connectivity index (χ3v) is 7.90. The molecule has 0 aromatic heterocycles. The van der Waals surface area contributed by atoms with Gasteiger partial charge < -0.3 is 9.29 Å². The number of carbonyl (C=O) groups is 1. The molecule has 0 spiro atoms. The second-order valence-electron chi connectivity index (χ2n) is 8.33. The Hall–Kier alpha value is -1.61. The van der Waals surface area contributed by atoms with Crippen molar-refractivity contribution in [3.63, 3.8) is 0 Å². The second-order valence-corrected chi connectivity index (χ2v) is 9.87. The molecule has 5 atom stereocenters. The van der Waals surface area contributed by atoms with E-state index >= 15 is 0 Å². The molecule has 0 saturated heterocycles. The maximum Gasteiger partial charge on any atom is 0.534 e. The van der Waals surface area contributed by atoms with Crippen LogP contribution in [0.25, 0.3) is 0 Å². The summed E-state index contributed by atoms with van der Waals surface area (Å²) in [5.74, 6) is 0.0270. The van der Waals surface area contributed by atoms with Crippen molar-refractivity contribution in [2.45, 2.75) is 56.6 Å². The van der Waals surface area contributed by atoms with Crippen LogP contribution in [0.15, 0.2) is 18.2 Å². The zero-order valence-corrected chi connectivity index (χ0v) is 16.0. The fourth-order valence-electron chi connectivity index (χ4n) is 5.57. The third kappa shape index (κ3) is 2.85. The van der Waals surface area contributed by atoms with E-state index in [1.807, 2.05) is 6.92 Å². The molecule has 0 unspecified atom stereocenters. The van der Waals surface area contributed by atoms with E-state index in [4.69, 9.17) is 0 Å². The molecule has 2 fully saturated rings. The topological polar surface area (TPSA) is 80.7 Å². The first kappa shape index (κ1) is 19.7. The molecule has 0 radical (unpaired) electrons. The molecule has 1 N–H and O–H groups in total. The molecule has 154 valence electrons. The molecule has 1 aromatic rings. The number of fused-ring (bicyclic) bond motifs is 5. The summed E-state index contributed by atoms with van der Waals surface area (Å²) in [5.41, 5.74) is -4.23. The molecule has 0 aliphatic heterocycles. The Bertz CT molecular complexity index is 926. The van der Waals surface area contributed by atoms with Crippen molar-refractivity contribution >= 4 is 15.9 Å². The Labute approximate surface area is 161 Å². The van der Waals surface area contributed by atoms with Crippen LogP contribution in [0, 0.1) is 17.3 Å². The van der Waals surface area contributed by atoms with E-state index in [0.29, 0.717) is 19.3 Å². The first-order valence-corrected chi connectivity index (χ1v) is 10.7. The summed E-state index contributed by atoms with van der Waals surface area (Å²) in [6.45, 7) is 1.93. The average Bonchev–Trinajstić information content (AvgIpc) is 2.84. The van der Waals surface area contributed by atoms with Crippen LogP contribution < -0.4 is 4.18 Å². The van der Waals surface area contributed by atoms with Crippen LogP contribution in [0.4, 0.5) is 13.2 Å². The average molecular weight is 418 g/mol. The van der Waals surface area contributed by atoms with Gasteiger partial charge in [-0.2, -0.15) is 21.6 Å². The lowest BCUT2D eigenvalue weighted by molar-refractivity contribution is -0.134. The standard InChI is InChI=1S/C19H21F3O5S/c1-18-7-6-13-12-5-3-11(27-28(25,26)19(20,21)22)8-10(12)2-4-14(13)15(18)9-16(23)17(18)24/h3,5,8,13-16,23H,2,4,6-7,9H2,1H3/t13-,14-,15+,16+,18+/m1/s1. The lowest BCUT2D eigenvalue weighted by atomic mass is 9.55. The minimum absolute atomic E-state index is 0.0807. The van der Waals surface area contributed by atoms with Gasteiger partial charge in [0.15, 0.2) is 5.78 Å². The van der Waals surface area contributed by atoms with Gasteiger partial charge in [-0.1, -0.05) is 13.0 Å². The van der Waals surface area contributed by atoms with Crippen molar-refractivity contribution in [1.82, 2.24) is 0 Å². The van der Waals surface area contributed by atoms with Crippen LogP contribution in [0.2, 0.25) is 0 Å². The lowest BCUT2D eigenvalue weighted by Gasteiger charge is -2.48. The highest BCUT2D eigenvalue weighted by molar-refractivity contribution is 7.88. The summed E-state index contributed by atoms with van der Waals surface area (Å²) in [4.78, 5) is 12.4. The van der Waals surface area contributed by atoms with E-state index in [1.165, 1.54) is 12.1 Å². The molecule has 2 saturated carbocycles. The minimum Gasteiger partial charge on any atom is -0.385 e. The van der Waals surface area contributed by atoms with Crippen LogP contribution in [0.5, 0.6) is 5.75 Å². The number of aliphatic hydroxyl groups excluding tert-OH is 1. The molecular weight excluding hydrogens is 397 g/mol. The van der Waals surface area contributed by atoms with Gasteiger partial charge in [-0.25, -0.2) is 0 Å². The highest BCUT2D eigenvalue weighted by atomic mass is 32.2. The number of ketones is 1. The van der Waals surface area contributed by atoms with Gasteiger partial charge in [0.05, 0.1) is 0 Å². The monoisotopic (exact) mass is 418 g/mol. The fourth-order valence-corrected chi connectivity index (χ4v) is 6.03. The van der Waals surface area contributed by atoms with Crippen LogP contribution in [0.3, 0.4) is 0 Å². The predicted molar refractivity (Wildman–Crippen MR) is 93.1 cm³/mol. The number of carbonyl (C=O) groups excluding carboxylic acids is 1. The first-order chi connectivity index (χ1) is 12.9. The van der Waals surface area contributed by atoms with E-state index in [1.54, 1.807) is 6.07 Å². The van der Waals surface area contributed by atoms with E-state index in [9.17, 15) is 31.5 Å². The number of hydrogen-bond acceptors (Lipinski definition) is 5. The van der Waals surface area contributed by atoms with E-state index in [-0.39, 0.29) is 29.3 Å². The van der Waals surface area contributed by atoms with Gasteiger partial charge >= 0.3 is 15.6 Å². The van der Waals surface area contributed by atoms with Crippen molar-refractivity contribution in [3.8, 4) is 5.75 Å². The van der Waals surface area contributed by atoms with E-state index < -0.39 is 27.1 Å². The van der Waals surface area contributed by atoms with Gasteiger partial charge in [-0.05, 0) is 73.1 Å². The third-order valence-electron chi connectivity index (χ3n) is 6.92. The fraction of sp³-hybridized carbons (Fsp3) is 0.632. The normalized spacial score (nSPS) is 35.1. The molecule has 3 aliphatic rings. The predicted octanol–water partition coefficient (Wildman–Crippen LogP) is 3.31. The SMILES string of the molecule is C[C@]12CC[C@@H]3c4ccc(OS(=O)(=O)C(F)(F)F)cc4CC[C@H]3[C@@H]1C[C@H](O)C2=O. The number of rotatable bonds is 2. The van der Waals surface area contributed by atoms with E-state index in [0.717, 1.165) is 24.0 Å². The number of aryl methyl sites for hydroxylation is 1. The molecule has 28 heavy (non-hydrogen) atoms. The maximum absolute atomic E-state index is 12.5. The van der Waals surface area contributed by atoms with Gasteiger partial charge in [-0.15, -0.1) is 0 Å². The zero-order valence-electron chi connectivity index (χ0n) is 15.2. The summed E-state index contributed by atoms with van der Waals surface area (Å²) in [5, 5.41) is 10.1. The Morgan fingerprint density at radius 1 is 1.25 bits per heavy atom. The molecule has 9 heteroatoms. The highest BCUT2D eigenvalue weighted by Crippen LogP contribution is 2.59. The minimum atomic E-state index is -5.70. The summed E-state index contributed by atoms with van der Waals surface area (Å²) in [7, 11) is -5.70. The van der Waals surface area contributed by atoms with Crippen molar-refractivity contribution in [2.75, 3.05) is 0 Å². The highest BCUT2D eigenvalue weighted by Gasteiger charge is 2.58. The largest absolute Gasteiger partial charge is 0.534 e.